The van der Waals surface area contributed by atoms with E-state index in [1.165, 1.54) is 12.3 Å². The maximum absolute atomic E-state index is 11.9. The highest BCUT2D eigenvalue weighted by atomic mass is 79.9. The van der Waals surface area contributed by atoms with Gasteiger partial charge in [0.05, 0.1) is 6.04 Å². The van der Waals surface area contributed by atoms with Gasteiger partial charge >= 0.3 is 5.97 Å². The van der Waals surface area contributed by atoms with Crippen LogP contribution in [0, 0.1) is 0 Å². The molecule has 5 nitrogen and oxygen atoms in total. The topological polar surface area (TPSA) is 68.3 Å². The Morgan fingerprint density at radius 2 is 2.00 bits per heavy atom. The summed E-state index contributed by atoms with van der Waals surface area (Å²) in [4.78, 5) is 27.5. The molecule has 0 spiro atoms. The van der Waals surface area contributed by atoms with Crippen molar-refractivity contribution < 1.29 is 14.3 Å². The van der Waals surface area contributed by atoms with E-state index in [0.717, 1.165) is 10.0 Å². The quantitative estimate of drug-likeness (QED) is 0.784. The molecule has 0 bridgehead atoms. The van der Waals surface area contributed by atoms with Crippen LogP contribution in [0.4, 0.5) is 0 Å². The summed E-state index contributed by atoms with van der Waals surface area (Å²) >= 11 is 9.12. The number of carbonyl (C=O) groups excluding carboxylic acids is 2. The standard InChI is InChI=1S/C16H14BrClN2O3/c1-10(11-2-4-12(17)5-3-11)20-15(21)9-23-16(22)14-8-13(18)6-7-19-14/h2-8,10H,9H2,1H3,(H,20,21)/t10-/m0/s1. The van der Waals surface area contributed by atoms with E-state index < -0.39 is 11.9 Å². The number of hydrogen-bond donors (Lipinski definition) is 1. The van der Waals surface area contributed by atoms with Crippen molar-refractivity contribution >= 4 is 39.4 Å². The van der Waals surface area contributed by atoms with E-state index in [1.54, 1.807) is 6.07 Å². The third kappa shape index (κ3) is 5.33. The second-order valence-electron chi connectivity index (χ2n) is 4.78. The Labute approximate surface area is 147 Å². The Bertz CT molecular complexity index is 707. The Hall–Kier alpha value is -1.92. The number of esters is 1. The number of halogens is 2. The third-order valence-electron chi connectivity index (χ3n) is 3.01. The van der Waals surface area contributed by atoms with E-state index in [4.69, 9.17) is 16.3 Å². The lowest BCUT2D eigenvalue weighted by Gasteiger charge is -2.14. The smallest absolute Gasteiger partial charge is 0.357 e. The molecule has 1 N–H and O–H groups in total. The average molecular weight is 398 g/mol. The van der Waals surface area contributed by atoms with Gasteiger partial charge in [0.1, 0.15) is 5.69 Å². The summed E-state index contributed by atoms with van der Waals surface area (Å²) in [6.07, 6.45) is 1.40. The molecule has 120 valence electrons. The van der Waals surface area contributed by atoms with Crippen molar-refractivity contribution in [2.24, 2.45) is 0 Å². The summed E-state index contributed by atoms with van der Waals surface area (Å²) in [7, 11) is 0. The average Bonchev–Trinajstić information content (AvgIpc) is 2.53. The van der Waals surface area contributed by atoms with Crippen LogP contribution in [0.25, 0.3) is 0 Å². The Balaban J connectivity index is 1.85. The number of rotatable bonds is 5. The number of aromatic nitrogens is 1. The van der Waals surface area contributed by atoms with Gasteiger partial charge in [-0.25, -0.2) is 9.78 Å². The number of hydrogen-bond acceptors (Lipinski definition) is 4. The largest absolute Gasteiger partial charge is 0.451 e. The lowest BCUT2D eigenvalue weighted by atomic mass is 10.1. The molecule has 0 aliphatic rings. The third-order valence-corrected chi connectivity index (χ3v) is 3.78. The molecule has 0 aliphatic heterocycles. The molecule has 0 fully saturated rings. The molecule has 2 aromatic rings. The van der Waals surface area contributed by atoms with Gasteiger partial charge in [0.25, 0.3) is 5.91 Å². The molecule has 0 saturated heterocycles. The van der Waals surface area contributed by atoms with E-state index in [9.17, 15) is 9.59 Å². The minimum Gasteiger partial charge on any atom is -0.451 e. The Kier molecular flexibility index (Phi) is 6.12. The molecular formula is C16H14BrClN2O3. The molecule has 7 heteroatoms. The normalized spacial score (nSPS) is 11.6. The molecule has 1 amide bonds. The van der Waals surface area contributed by atoms with Crippen molar-refractivity contribution in [3.8, 4) is 0 Å². The minimum absolute atomic E-state index is 0.0614. The predicted octanol–water partition coefficient (Wildman–Crippen LogP) is 3.53. The molecule has 1 atom stereocenters. The summed E-state index contributed by atoms with van der Waals surface area (Å²) < 4.78 is 5.88. The van der Waals surface area contributed by atoms with Crippen LogP contribution in [-0.4, -0.2) is 23.5 Å². The summed E-state index contributed by atoms with van der Waals surface area (Å²) in [6.45, 7) is 1.47. The van der Waals surface area contributed by atoms with E-state index in [-0.39, 0.29) is 18.3 Å². The van der Waals surface area contributed by atoms with Crippen molar-refractivity contribution in [2.75, 3.05) is 6.61 Å². The lowest BCUT2D eigenvalue weighted by molar-refractivity contribution is -0.124. The Morgan fingerprint density at radius 1 is 1.30 bits per heavy atom. The van der Waals surface area contributed by atoms with E-state index >= 15 is 0 Å². The van der Waals surface area contributed by atoms with Crippen LogP contribution in [0.5, 0.6) is 0 Å². The van der Waals surface area contributed by atoms with E-state index in [0.29, 0.717) is 5.02 Å². The first-order valence-corrected chi connectivity index (χ1v) is 7.96. The molecule has 0 saturated carbocycles. The summed E-state index contributed by atoms with van der Waals surface area (Å²) in [6, 6.07) is 10.3. The number of carbonyl (C=O) groups is 2. The number of nitrogens with one attached hydrogen (secondary N) is 1. The van der Waals surface area contributed by atoms with Crippen molar-refractivity contribution in [3.05, 3.63) is 63.3 Å². The Morgan fingerprint density at radius 3 is 2.65 bits per heavy atom. The zero-order valence-corrected chi connectivity index (χ0v) is 14.6. The lowest BCUT2D eigenvalue weighted by Crippen LogP contribution is -2.31. The van der Waals surface area contributed by atoms with Gasteiger partial charge < -0.3 is 10.1 Å². The second kappa shape index (κ2) is 8.08. The SMILES string of the molecule is C[C@H](NC(=O)COC(=O)c1cc(Cl)ccn1)c1ccc(Br)cc1. The zero-order chi connectivity index (χ0) is 16.8. The first-order chi connectivity index (χ1) is 11.0. The van der Waals surface area contributed by atoms with Gasteiger partial charge in [-0.15, -0.1) is 0 Å². The predicted molar refractivity (Wildman–Crippen MR) is 90.2 cm³/mol. The molecular weight excluding hydrogens is 384 g/mol. The van der Waals surface area contributed by atoms with Crippen LogP contribution in [0.3, 0.4) is 0 Å². The first-order valence-electron chi connectivity index (χ1n) is 6.79. The fraction of sp³-hybridized carbons (Fsp3) is 0.188. The zero-order valence-electron chi connectivity index (χ0n) is 12.3. The number of amides is 1. The van der Waals surface area contributed by atoms with Crippen LogP contribution >= 0.6 is 27.5 Å². The van der Waals surface area contributed by atoms with Crippen molar-refractivity contribution in [1.82, 2.24) is 10.3 Å². The first kappa shape index (κ1) is 17.4. The van der Waals surface area contributed by atoms with Crippen LogP contribution in [-0.2, 0) is 9.53 Å². The van der Waals surface area contributed by atoms with Gasteiger partial charge in [-0.2, -0.15) is 0 Å². The van der Waals surface area contributed by atoms with Crippen molar-refractivity contribution in [2.45, 2.75) is 13.0 Å². The van der Waals surface area contributed by atoms with E-state index in [1.807, 2.05) is 31.2 Å². The van der Waals surface area contributed by atoms with Crippen LogP contribution in [0.1, 0.15) is 29.0 Å². The molecule has 23 heavy (non-hydrogen) atoms. The fourth-order valence-corrected chi connectivity index (χ4v) is 2.26. The van der Waals surface area contributed by atoms with Crippen LogP contribution < -0.4 is 5.32 Å². The molecule has 2 rings (SSSR count). The summed E-state index contributed by atoms with van der Waals surface area (Å²) in [5.74, 6) is -1.09. The molecule has 0 radical (unpaired) electrons. The van der Waals surface area contributed by atoms with Gasteiger partial charge in [-0.05, 0) is 36.8 Å². The number of pyridine rings is 1. The second-order valence-corrected chi connectivity index (χ2v) is 6.13. The van der Waals surface area contributed by atoms with Gasteiger partial charge in [0, 0.05) is 15.7 Å². The van der Waals surface area contributed by atoms with Gasteiger partial charge in [0.2, 0.25) is 0 Å². The van der Waals surface area contributed by atoms with Crippen LogP contribution in [0.2, 0.25) is 5.02 Å². The summed E-state index contributed by atoms with van der Waals surface area (Å²) in [5.41, 5.74) is 1.01. The van der Waals surface area contributed by atoms with Gasteiger partial charge in [-0.1, -0.05) is 39.7 Å². The molecule has 0 aliphatic carbocycles. The number of benzene rings is 1. The highest BCUT2D eigenvalue weighted by molar-refractivity contribution is 9.10. The van der Waals surface area contributed by atoms with Gasteiger partial charge in [0.15, 0.2) is 6.61 Å². The summed E-state index contributed by atoms with van der Waals surface area (Å²) in [5, 5.41) is 3.13. The maximum atomic E-state index is 11.9. The maximum Gasteiger partial charge on any atom is 0.357 e. The van der Waals surface area contributed by atoms with Crippen molar-refractivity contribution in [1.29, 1.82) is 0 Å². The van der Waals surface area contributed by atoms with Crippen molar-refractivity contribution in [3.63, 3.8) is 0 Å². The molecule has 1 aromatic carbocycles. The minimum atomic E-state index is -0.695. The highest BCUT2D eigenvalue weighted by Crippen LogP contribution is 2.16. The molecule has 1 heterocycles. The van der Waals surface area contributed by atoms with Crippen LogP contribution in [0.15, 0.2) is 47.1 Å². The molecule has 1 aromatic heterocycles. The number of nitrogens with zero attached hydrogens (tertiary/aromatic N) is 1. The highest BCUT2D eigenvalue weighted by Gasteiger charge is 2.14. The molecule has 0 unspecified atom stereocenters. The monoisotopic (exact) mass is 396 g/mol. The van der Waals surface area contributed by atoms with E-state index in [2.05, 4.69) is 26.2 Å². The number of ether oxygens (including phenoxy) is 1. The van der Waals surface area contributed by atoms with Gasteiger partial charge in [-0.3, -0.25) is 4.79 Å². The fourth-order valence-electron chi connectivity index (χ4n) is 1.84.